The van der Waals surface area contributed by atoms with Gasteiger partial charge in [-0.05, 0) is 18.6 Å². The predicted molar refractivity (Wildman–Crippen MR) is 89.6 cm³/mol. The Morgan fingerprint density at radius 1 is 1.42 bits per heavy atom. The maximum Gasteiger partial charge on any atom is 0.247 e. The number of sulfonamides is 1. The summed E-state index contributed by atoms with van der Waals surface area (Å²) in [4.78, 5) is 4.94. The van der Waals surface area contributed by atoms with Gasteiger partial charge in [-0.15, -0.1) is 35.3 Å². The number of aliphatic imine (C=N–C) groups is 1. The van der Waals surface area contributed by atoms with E-state index >= 15 is 0 Å². The summed E-state index contributed by atoms with van der Waals surface area (Å²) in [5.41, 5.74) is 0. The van der Waals surface area contributed by atoms with Gasteiger partial charge in [-0.3, -0.25) is 4.99 Å². The van der Waals surface area contributed by atoms with Gasteiger partial charge < -0.3 is 10.6 Å². The van der Waals surface area contributed by atoms with E-state index in [1.165, 1.54) is 6.07 Å². The second kappa shape index (κ2) is 8.72. The second-order valence-electron chi connectivity index (χ2n) is 3.62. The summed E-state index contributed by atoms with van der Waals surface area (Å²) >= 11 is 1.16. The molecular formula is C10H19IN4O2S2. The second-order valence-corrected chi connectivity index (χ2v) is 6.57. The minimum atomic E-state index is -3.60. The topological polar surface area (TPSA) is 96.6 Å². The Bertz CT molecular complexity index is 513. The van der Waals surface area contributed by atoms with Crippen LogP contribution in [-0.4, -0.2) is 28.0 Å². The van der Waals surface area contributed by atoms with E-state index in [9.17, 15) is 8.42 Å². The van der Waals surface area contributed by atoms with Crippen molar-refractivity contribution in [2.45, 2.75) is 24.1 Å². The fraction of sp³-hybridized carbons (Fsp3) is 0.500. The first kappa shape index (κ1) is 18.6. The first-order valence-electron chi connectivity index (χ1n) is 5.53. The summed E-state index contributed by atoms with van der Waals surface area (Å²) in [5, 5.41) is 11.3. The Kier molecular flexibility index (Phi) is 8.54. The summed E-state index contributed by atoms with van der Waals surface area (Å²) in [6.07, 6.45) is 1.01. The van der Waals surface area contributed by atoms with Crippen LogP contribution in [0.3, 0.4) is 0 Å². The molecule has 0 fully saturated rings. The van der Waals surface area contributed by atoms with E-state index < -0.39 is 10.0 Å². The van der Waals surface area contributed by atoms with Crippen molar-refractivity contribution in [2.75, 3.05) is 13.6 Å². The van der Waals surface area contributed by atoms with E-state index in [2.05, 4.69) is 22.5 Å². The fourth-order valence-electron chi connectivity index (χ4n) is 1.24. The maximum atomic E-state index is 11.1. The first-order chi connectivity index (χ1) is 8.47. The van der Waals surface area contributed by atoms with Gasteiger partial charge in [-0.1, -0.05) is 6.92 Å². The Hall–Kier alpha value is -0.390. The monoisotopic (exact) mass is 418 g/mol. The lowest BCUT2D eigenvalue weighted by Crippen LogP contribution is -2.36. The van der Waals surface area contributed by atoms with Crippen molar-refractivity contribution in [3.8, 4) is 0 Å². The molecule has 0 atom stereocenters. The van der Waals surface area contributed by atoms with Gasteiger partial charge in [0.15, 0.2) is 5.96 Å². The third kappa shape index (κ3) is 6.54. The molecule has 0 amide bonds. The summed E-state index contributed by atoms with van der Waals surface area (Å²) in [5.74, 6) is 0.697. The smallest absolute Gasteiger partial charge is 0.247 e. The van der Waals surface area contributed by atoms with E-state index in [-0.39, 0.29) is 28.2 Å². The summed E-state index contributed by atoms with van der Waals surface area (Å²) in [6, 6.07) is 3.25. The van der Waals surface area contributed by atoms with Crippen molar-refractivity contribution in [2.24, 2.45) is 10.1 Å². The SMILES string of the molecule is CCCNC(=NC)NCc1ccc(S(N)(=O)=O)s1.I. The molecule has 0 radical (unpaired) electrons. The van der Waals surface area contributed by atoms with Gasteiger partial charge in [0.05, 0.1) is 6.54 Å². The van der Waals surface area contributed by atoms with Gasteiger partial charge in [-0.2, -0.15) is 0 Å². The van der Waals surface area contributed by atoms with Crippen LogP contribution < -0.4 is 15.8 Å². The Morgan fingerprint density at radius 2 is 2.11 bits per heavy atom. The van der Waals surface area contributed by atoms with E-state index in [4.69, 9.17) is 5.14 Å². The highest BCUT2D eigenvalue weighted by atomic mass is 127. The van der Waals surface area contributed by atoms with Crippen molar-refractivity contribution >= 4 is 51.3 Å². The number of guanidine groups is 1. The molecule has 0 spiro atoms. The normalized spacial score (nSPS) is 11.8. The molecule has 1 aromatic rings. The number of halogens is 1. The molecule has 0 unspecified atom stereocenters. The molecule has 0 saturated heterocycles. The Labute approximate surface area is 135 Å². The average Bonchev–Trinajstić information content (AvgIpc) is 2.78. The van der Waals surface area contributed by atoms with E-state index in [1.54, 1.807) is 13.1 Å². The highest BCUT2D eigenvalue weighted by Crippen LogP contribution is 2.19. The van der Waals surface area contributed by atoms with Crippen molar-refractivity contribution in [3.63, 3.8) is 0 Å². The average molecular weight is 418 g/mol. The molecule has 1 rings (SSSR count). The number of nitrogens with two attached hydrogens (primary N) is 1. The van der Waals surface area contributed by atoms with Crippen LogP contribution in [0, 0.1) is 0 Å². The molecule has 1 heterocycles. The number of nitrogens with one attached hydrogen (secondary N) is 2. The lowest BCUT2D eigenvalue weighted by molar-refractivity contribution is 0.600. The summed E-state index contributed by atoms with van der Waals surface area (Å²) in [6.45, 7) is 3.42. The van der Waals surface area contributed by atoms with Gasteiger partial charge in [0, 0.05) is 18.5 Å². The van der Waals surface area contributed by atoms with E-state index in [0.29, 0.717) is 12.5 Å². The van der Waals surface area contributed by atoms with Gasteiger partial charge in [0.1, 0.15) is 4.21 Å². The zero-order valence-corrected chi connectivity index (χ0v) is 14.8. The van der Waals surface area contributed by atoms with Crippen molar-refractivity contribution in [1.29, 1.82) is 0 Å². The van der Waals surface area contributed by atoms with Crippen molar-refractivity contribution < 1.29 is 8.42 Å². The quantitative estimate of drug-likeness (QED) is 0.379. The van der Waals surface area contributed by atoms with Gasteiger partial charge in [0.2, 0.25) is 10.0 Å². The summed E-state index contributed by atoms with van der Waals surface area (Å²) < 4.78 is 22.4. The van der Waals surface area contributed by atoms with Crippen LogP contribution in [0.5, 0.6) is 0 Å². The largest absolute Gasteiger partial charge is 0.356 e. The minimum Gasteiger partial charge on any atom is -0.356 e. The maximum absolute atomic E-state index is 11.1. The molecule has 1 aromatic heterocycles. The molecule has 0 aliphatic rings. The fourth-order valence-corrected chi connectivity index (χ4v) is 2.96. The lowest BCUT2D eigenvalue weighted by atomic mass is 10.4. The lowest BCUT2D eigenvalue weighted by Gasteiger charge is -2.09. The Balaban J connectivity index is 0.00000324. The molecule has 0 saturated carbocycles. The van der Waals surface area contributed by atoms with Gasteiger partial charge >= 0.3 is 0 Å². The third-order valence-corrected chi connectivity index (χ3v) is 4.64. The number of hydrogen-bond donors (Lipinski definition) is 3. The standard InChI is InChI=1S/C10H18N4O2S2.HI/c1-3-6-13-10(12-2)14-7-8-4-5-9(17-8)18(11,15)16;/h4-5H,3,6-7H2,1-2H3,(H2,11,15,16)(H2,12,13,14);1H. The Morgan fingerprint density at radius 3 is 2.58 bits per heavy atom. The zero-order chi connectivity index (χ0) is 13.6. The molecule has 0 aliphatic heterocycles. The van der Waals surface area contributed by atoms with Gasteiger partial charge in [0.25, 0.3) is 0 Å². The molecule has 110 valence electrons. The molecule has 6 nitrogen and oxygen atoms in total. The molecule has 19 heavy (non-hydrogen) atoms. The molecule has 0 bridgehead atoms. The number of thiophene rings is 1. The third-order valence-electron chi connectivity index (χ3n) is 2.11. The highest BCUT2D eigenvalue weighted by molar-refractivity contribution is 14.0. The van der Waals surface area contributed by atoms with Crippen LogP contribution in [0.2, 0.25) is 0 Å². The van der Waals surface area contributed by atoms with E-state index in [1.807, 2.05) is 0 Å². The predicted octanol–water partition coefficient (Wildman–Crippen LogP) is 1.09. The van der Waals surface area contributed by atoms with Crippen LogP contribution in [0.4, 0.5) is 0 Å². The highest BCUT2D eigenvalue weighted by Gasteiger charge is 2.11. The van der Waals surface area contributed by atoms with Crippen molar-refractivity contribution in [1.82, 2.24) is 10.6 Å². The number of rotatable bonds is 5. The molecular weight excluding hydrogens is 399 g/mol. The zero-order valence-electron chi connectivity index (χ0n) is 10.8. The molecule has 0 aliphatic carbocycles. The van der Waals surface area contributed by atoms with Crippen LogP contribution in [-0.2, 0) is 16.6 Å². The number of hydrogen-bond acceptors (Lipinski definition) is 4. The molecule has 4 N–H and O–H groups in total. The van der Waals surface area contributed by atoms with Gasteiger partial charge in [-0.25, -0.2) is 13.6 Å². The molecule has 9 heteroatoms. The molecule has 0 aromatic carbocycles. The van der Waals surface area contributed by atoms with Crippen LogP contribution in [0.15, 0.2) is 21.3 Å². The van der Waals surface area contributed by atoms with Crippen LogP contribution in [0.25, 0.3) is 0 Å². The minimum absolute atomic E-state index is 0. The number of nitrogens with zero attached hydrogens (tertiary/aromatic N) is 1. The first-order valence-corrected chi connectivity index (χ1v) is 7.89. The van der Waals surface area contributed by atoms with Crippen LogP contribution in [0.1, 0.15) is 18.2 Å². The van der Waals surface area contributed by atoms with Crippen molar-refractivity contribution in [3.05, 3.63) is 17.0 Å². The number of primary sulfonamides is 1. The van der Waals surface area contributed by atoms with E-state index in [0.717, 1.165) is 29.2 Å². The van der Waals surface area contributed by atoms with Crippen LogP contribution >= 0.6 is 35.3 Å². The summed E-state index contributed by atoms with van der Waals surface area (Å²) in [7, 11) is -1.91.